The first kappa shape index (κ1) is 15.8. The number of amides is 1. The van der Waals surface area contributed by atoms with Gasteiger partial charge in [-0.2, -0.15) is 0 Å². The van der Waals surface area contributed by atoms with E-state index in [0.717, 1.165) is 27.4 Å². The Hall–Kier alpha value is -2.73. The number of aromatic nitrogens is 2. The first-order valence-electron chi connectivity index (χ1n) is 8.07. The maximum absolute atomic E-state index is 11.9. The Kier molecular flexibility index (Phi) is 3.97. The van der Waals surface area contributed by atoms with Crippen LogP contribution >= 0.6 is 11.3 Å². The van der Waals surface area contributed by atoms with E-state index in [2.05, 4.69) is 24.0 Å². The van der Waals surface area contributed by atoms with Crippen molar-refractivity contribution in [2.75, 3.05) is 18.1 Å². The van der Waals surface area contributed by atoms with Crippen molar-refractivity contribution < 1.29 is 9.53 Å². The molecule has 0 radical (unpaired) electrons. The highest BCUT2D eigenvalue weighted by atomic mass is 32.1. The molecule has 1 aliphatic heterocycles. The van der Waals surface area contributed by atoms with E-state index in [1.54, 1.807) is 11.1 Å². The summed E-state index contributed by atoms with van der Waals surface area (Å²) in [6, 6.07) is 12.3. The Balaban J connectivity index is 1.88. The lowest BCUT2D eigenvalue weighted by Crippen LogP contribution is -2.22. The van der Waals surface area contributed by atoms with Gasteiger partial charge in [-0.3, -0.25) is 4.98 Å². The number of aryl methyl sites for hydroxylation is 2. The third-order valence-corrected chi connectivity index (χ3v) is 5.19. The molecule has 1 fully saturated rings. The molecule has 1 saturated heterocycles. The van der Waals surface area contributed by atoms with Gasteiger partial charge in [0, 0.05) is 17.5 Å². The lowest BCUT2D eigenvalue weighted by Gasteiger charge is -2.06. The highest BCUT2D eigenvalue weighted by molar-refractivity contribution is 7.19. The fourth-order valence-corrected chi connectivity index (χ4v) is 3.96. The Morgan fingerprint density at radius 1 is 1.16 bits per heavy atom. The normalized spacial score (nSPS) is 14.0. The fourth-order valence-electron chi connectivity index (χ4n) is 2.86. The Labute approximate surface area is 149 Å². The van der Waals surface area contributed by atoms with E-state index in [1.165, 1.54) is 16.9 Å². The van der Waals surface area contributed by atoms with E-state index in [1.807, 2.05) is 31.2 Å². The summed E-state index contributed by atoms with van der Waals surface area (Å²) in [6.07, 6.45) is 1.47. The molecular formula is C19H17N3O2S. The van der Waals surface area contributed by atoms with Crippen LogP contribution in [0.1, 0.15) is 11.3 Å². The molecule has 2 aromatic heterocycles. The molecule has 0 N–H and O–H groups in total. The number of benzene rings is 1. The number of rotatable bonds is 3. The lowest BCUT2D eigenvalue weighted by molar-refractivity contribution is 0.181. The number of pyridine rings is 1. The van der Waals surface area contributed by atoms with Crippen LogP contribution in [0.5, 0.6) is 0 Å². The van der Waals surface area contributed by atoms with Crippen LogP contribution in [-0.2, 0) is 4.74 Å². The quantitative estimate of drug-likeness (QED) is 0.700. The minimum absolute atomic E-state index is 0.331. The third kappa shape index (κ3) is 3.00. The molecule has 25 heavy (non-hydrogen) atoms. The zero-order chi connectivity index (χ0) is 17.4. The molecule has 1 amide bonds. The topological polar surface area (TPSA) is 55.3 Å². The number of hydrogen-bond acceptors (Lipinski definition) is 5. The van der Waals surface area contributed by atoms with Crippen LogP contribution in [0.15, 0.2) is 42.6 Å². The van der Waals surface area contributed by atoms with Crippen LogP contribution in [0.4, 0.5) is 9.93 Å². The second-order valence-electron chi connectivity index (χ2n) is 6.00. The Morgan fingerprint density at radius 3 is 2.76 bits per heavy atom. The number of hydrogen-bond donors (Lipinski definition) is 0. The van der Waals surface area contributed by atoms with E-state index in [4.69, 9.17) is 9.72 Å². The number of thiazole rings is 1. The molecule has 6 heteroatoms. The molecule has 0 spiro atoms. The van der Waals surface area contributed by atoms with E-state index in [-0.39, 0.29) is 6.09 Å². The van der Waals surface area contributed by atoms with Gasteiger partial charge < -0.3 is 4.74 Å². The molecule has 0 bridgehead atoms. The van der Waals surface area contributed by atoms with Gasteiger partial charge >= 0.3 is 6.09 Å². The third-order valence-electron chi connectivity index (χ3n) is 4.06. The highest BCUT2D eigenvalue weighted by Crippen LogP contribution is 2.41. The van der Waals surface area contributed by atoms with Crippen LogP contribution < -0.4 is 4.90 Å². The maximum Gasteiger partial charge on any atom is 0.416 e. The van der Waals surface area contributed by atoms with Crippen LogP contribution in [0.25, 0.3) is 21.7 Å². The van der Waals surface area contributed by atoms with Crippen molar-refractivity contribution >= 4 is 22.6 Å². The molecular weight excluding hydrogens is 334 g/mol. The standard InChI is InChI=1S/C19H17N3O2S/c1-12-4-3-5-14(10-12)16-17(15-6-7-20-13(2)11-15)25-18(21-16)22-8-9-24-19(22)23/h3-7,10-11H,8-9H2,1-2H3. The van der Waals surface area contributed by atoms with E-state index in [0.29, 0.717) is 18.3 Å². The van der Waals surface area contributed by atoms with Crippen molar-refractivity contribution in [1.29, 1.82) is 0 Å². The van der Waals surface area contributed by atoms with Gasteiger partial charge in [0.2, 0.25) is 0 Å². The summed E-state index contributed by atoms with van der Waals surface area (Å²) in [4.78, 5) is 23.6. The van der Waals surface area contributed by atoms with Crippen molar-refractivity contribution in [1.82, 2.24) is 9.97 Å². The smallest absolute Gasteiger partial charge is 0.416 e. The first-order chi connectivity index (χ1) is 12.1. The predicted octanol–water partition coefficient (Wildman–Crippen LogP) is 4.45. The van der Waals surface area contributed by atoms with Gasteiger partial charge in [-0.25, -0.2) is 14.7 Å². The fraction of sp³-hybridized carbons (Fsp3) is 0.211. The zero-order valence-corrected chi connectivity index (χ0v) is 14.8. The molecule has 126 valence electrons. The van der Waals surface area contributed by atoms with Crippen molar-refractivity contribution in [2.45, 2.75) is 13.8 Å². The van der Waals surface area contributed by atoms with Crippen LogP contribution in [0, 0.1) is 13.8 Å². The minimum atomic E-state index is -0.331. The molecule has 0 aliphatic carbocycles. The molecule has 1 aromatic carbocycles. The van der Waals surface area contributed by atoms with Crippen molar-refractivity contribution in [2.24, 2.45) is 0 Å². The van der Waals surface area contributed by atoms with Crippen molar-refractivity contribution in [3.63, 3.8) is 0 Å². The zero-order valence-electron chi connectivity index (χ0n) is 14.0. The minimum Gasteiger partial charge on any atom is -0.447 e. The average molecular weight is 351 g/mol. The molecule has 0 unspecified atom stereocenters. The monoisotopic (exact) mass is 351 g/mol. The summed E-state index contributed by atoms with van der Waals surface area (Å²) in [5, 5.41) is 0.670. The van der Waals surface area contributed by atoms with Gasteiger partial charge in [0.05, 0.1) is 17.1 Å². The molecule has 1 aliphatic rings. The summed E-state index contributed by atoms with van der Waals surface area (Å²) < 4.78 is 5.06. The van der Waals surface area contributed by atoms with Gasteiger partial charge in [0.1, 0.15) is 6.61 Å². The summed E-state index contributed by atoms with van der Waals surface area (Å²) >= 11 is 1.51. The van der Waals surface area contributed by atoms with Gasteiger partial charge in [-0.1, -0.05) is 35.1 Å². The van der Waals surface area contributed by atoms with Crippen molar-refractivity contribution in [3.8, 4) is 21.7 Å². The second-order valence-corrected chi connectivity index (χ2v) is 6.97. The molecule has 0 atom stereocenters. The van der Waals surface area contributed by atoms with E-state index in [9.17, 15) is 4.79 Å². The highest BCUT2D eigenvalue weighted by Gasteiger charge is 2.28. The summed E-state index contributed by atoms with van der Waals surface area (Å²) in [7, 11) is 0. The Bertz CT molecular complexity index is 888. The molecule has 0 saturated carbocycles. The molecule has 4 rings (SSSR count). The molecule has 3 heterocycles. The number of cyclic esters (lactones) is 1. The first-order valence-corrected chi connectivity index (χ1v) is 8.88. The van der Waals surface area contributed by atoms with Crippen LogP contribution in [0.2, 0.25) is 0 Å². The van der Waals surface area contributed by atoms with Gasteiger partial charge in [-0.05, 0) is 37.6 Å². The Morgan fingerprint density at radius 2 is 2.04 bits per heavy atom. The largest absolute Gasteiger partial charge is 0.447 e. The van der Waals surface area contributed by atoms with Gasteiger partial charge in [-0.15, -0.1) is 0 Å². The molecule has 5 nitrogen and oxygen atoms in total. The van der Waals surface area contributed by atoms with E-state index < -0.39 is 0 Å². The lowest BCUT2D eigenvalue weighted by atomic mass is 10.1. The SMILES string of the molecule is Cc1cccc(-c2nc(N3CCOC3=O)sc2-c2ccnc(C)c2)c1. The number of carbonyl (C=O) groups is 1. The van der Waals surface area contributed by atoms with Crippen LogP contribution in [0.3, 0.4) is 0 Å². The number of ether oxygens (including phenoxy) is 1. The van der Waals surface area contributed by atoms with Gasteiger partial charge in [0.15, 0.2) is 5.13 Å². The van der Waals surface area contributed by atoms with Crippen LogP contribution in [-0.4, -0.2) is 29.2 Å². The average Bonchev–Trinajstić information content (AvgIpc) is 3.21. The summed E-state index contributed by atoms with van der Waals surface area (Å²) in [5.41, 5.74) is 5.10. The molecule has 3 aromatic rings. The maximum atomic E-state index is 11.9. The second kappa shape index (κ2) is 6.29. The summed E-state index contributed by atoms with van der Waals surface area (Å²) in [6.45, 7) is 4.97. The predicted molar refractivity (Wildman–Crippen MR) is 98.9 cm³/mol. The van der Waals surface area contributed by atoms with E-state index >= 15 is 0 Å². The van der Waals surface area contributed by atoms with Gasteiger partial charge in [0.25, 0.3) is 0 Å². The number of anilines is 1. The number of carbonyl (C=O) groups excluding carboxylic acids is 1. The summed E-state index contributed by atoms with van der Waals surface area (Å²) in [5.74, 6) is 0. The van der Waals surface area contributed by atoms with Crippen molar-refractivity contribution in [3.05, 3.63) is 53.9 Å². The number of nitrogens with zero attached hydrogens (tertiary/aromatic N) is 3.